The van der Waals surface area contributed by atoms with Gasteiger partial charge in [0.1, 0.15) is 17.8 Å². The highest BCUT2D eigenvalue weighted by Crippen LogP contribution is 2.28. The normalized spacial score (nSPS) is 21.1. The minimum atomic E-state index is -1.27. The first kappa shape index (κ1) is 29.6. The topological polar surface area (TPSA) is 188 Å². The molecule has 2 aromatic carbocycles. The van der Waals surface area contributed by atoms with Gasteiger partial charge in [-0.1, -0.05) is 45.2 Å². The largest absolute Gasteiger partial charge is 0.508 e. The van der Waals surface area contributed by atoms with Gasteiger partial charge in [-0.15, -0.1) is 0 Å². The van der Waals surface area contributed by atoms with E-state index in [9.17, 15) is 29.7 Å². The van der Waals surface area contributed by atoms with Gasteiger partial charge >= 0.3 is 5.97 Å². The average molecular weight is 489 g/mol. The van der Waals surface area contributed by atoms with Crippen molar-refractivity contribution in [2.24, 2.45) is 11.5 Å². The number of aromatic hydroxyl groups is 1. The Morgan fingerprint density at radius 1 is 1.03 bits per heavy atom. The highest BCUT2D eigenvalue weighted by Gasteiger charge is 2.30. The van der Waals surface area contributed by atoms with Gasteiger partial charge in [0.25, 0.3) is 0 Å². The van der Waals surface area contributed by atoms with E-state index in [1.807, 2.05) is 6.07 Å². The molecule has 4 bridgehead atoms. The number of hydrogen-bond donors (Lipinski definition) is 7. The van der Waals surface area contributed by atoms with E-state index in [0.29, 0.717) is 11.1 Å². The number of phenolic OH excluding ortho intramolecular Hbond substituents is 1. The molecule has 0 radical (unpaired) electrons. The van der Waals surface area contributed by atoms with Gasteiger partial charge in [0.05, 0.1) is 12.1 Å². The predicted molar refractivity (Wildman–Crippen MR) is 134 cm³/mol. The number of aliphatic hydroxyl groups is 1. The fourth-order valence-electron chi connectivity index (χ4n) is 3.72. The zero-order valence-electron chi connectivity index (χ0n) is 17.9. The zero-order valence-corrected chi connectivity index (χ0v) is 17.9. The number of carboxylic acids is 1. The predicted octanol–water partition coefficient (Wildman–Crippen LogP) is 0.521. The summed E-state index contributed by atoms with van der Waals surface area (Å²) in [5, 5.41) is 34.8. The van der Waals surface area contributed by atoms with Crippen molar-refractivity contribution in [2.45, 2.75) is 58.3 Å². The van der Waals surface area contributed by atoms with Crippen molar-refractivity contribution in [2.75, 3.05) is 6.54 Å². The number of aliphatic carboxylic acids is 1. The van der Waals surface area contributed by atoms with E-state index in [1.165, 1.54) is 6.07 Å². The van der Waals surface area contributed by atoms with Crippen molar-refractivity contribution in [3.8, 4) is 16.9 Å². The van der Waals surface area contributed by atoms with E-state index in [4.69, 9.17) is 11.5 Å². The van der Waals surface area contributed by atoms with Gasteiger partial charge in [0.2, 0.25) is 11.8 Å². The summed E-state index contributed by atoms with van der Waals surface area (Å²) < 4.78 is 0. The molecule has 0 aliphatic carbocycles. The van der Waals surface area contributed by atoms with Gasteiger partial charge in [0, 0.05) is 25.8 Å². The standard InChI is InChI=1S/C23H28N4O6.2CH4/c24-11-16(28)10-18-22(31)27-19(23(32)33)7-12-2-1-3-13(6-12)14-4-5-20(29)15(8-14)9-17(25)21(30)26-18;;/h1-6,8,16-19,28-29H,7,9-11,24-25H2,(H,26,30)(H,27,31)(H,32,33);2*1H4/t16-,17+,18+,19+;;/m1../s1. The molecule has 4 atom stereocenters. The van der Waals surface area contributed by atoms with Crippen LogP contribution in [0.2, 0.25) is 0 Å². The van der Waals surface area contributed by atoms with Crippen LogP contribution in [0.3, 0.4) is 0 Å². The molecule has 0 fully saturated rings. The first-order valence-electron chi connectivity index (χ1n) is 10.6. The van der Waals surface area contributed by atoms with E-state index in [1.54, 1.807) is 30.3 Å². The molecule has 35 heavy (non-hydrogen) atoms. The van der Waals surface area contributed by atoms with Crippen LogP contribution in [0.15, 0.2) is 42.5 Å². The molecule has 0 unspecified atom stereocenters. The monoisotopic (exact) mass is 488 g/mol. The number of phenols is 1. The van der Waals surface area contributed by atoms with Crippen molar-refractivity contribution < 1.29 is 29.7 Å². The van der Waals surface area contributed by atoms with Crippen molar-refractivity contribution in [3.63, 3.8) is 0 Å². The number of benzene rings is 2. The lowest BCUT2D eigenvalue weighted by Gasteiger charge is -2.24. The molecule has 192 valence electrons. The molecule has 3 rings (SSSR count). The summed E-state index contributed by atoms with van der Waals surface area (Å²) in [6.07, 6.45) is -1.32. The highest BCUT2D eigenvalue weighted by molar-refractivity contribution is 5.92. The Labute approximate surface area is 205 Å². The van der Waals surface area contributed by atoms with E-state index in [-0.39, 0.29) is 46.4 Å². The van der Waals surface area contributed by atoms with E-state index >= 15 is 0 Å². The lowest BCUT2D eigenvalue weighted by molar-refractivity contribution is -0.142. The summed E-state index contributed by atoms with van der Waals surface area (Å²) in [5.41, 5.74) is 14.1. The third-order valence-electron chi connectivity index (χ3n) is 5.58. The van der Waals surface area contributed by atoms with Crippen LogP contribution in [-0.4, -0.2) is 63.9 Å². The van der Waals surface area contributed by atoms with Crippen molar-refractivity contribution in [1.82, 2.24) is 10.6 Å². The first-order chi connectivity index (χ1) is 15.7. The second-order valence-corrected chi connectivity index (χ2v) is 8.14. The fourth-order valence-corrected chi connectivity index (χ4v) is 3.72. The summed E-state index contributed by atoms with van der Waals surface area (Å²) in [4.78, 5) is 37.5. The molecular formula is C25H36N4O6. The fraction of sp³-hybridized carbons (Fsp3) is 0.400. The number of carboxylic acid groups (broad SMARTS) is 1. The van der Waals surface area contributed by atoms with Crippen molar-refractivity contribution in [3.05, 3.63) is 53.6 Å². The van der Waals surface area contributed by atoms with E-state index < -0.39 is 42.0 Å². The first-order valence-corrected chi connectivity index (χ1v) is 10.6. The van der Waals surface area contributed by atoms with Crippen LogP contribution in [0.5, 0.6) is 5.75 Å². The van der Waals surface area contributed by atoms with Crippen LogP contribution >= 0.6 is 0 Å². The summed E-state index contributed by atoms with van der Waals surface area (Å²) in [6.45, 7) is -0.151. The Balaban J connectivity index is 0.00000306. The number of amides is 2. The number of nitrogens with one attached hydrogen (secondary N) is 2. The summed E-state index contributed by atoms with van der Waals surface area (Å²) in [7, 11) is 0. The smallest absolute Gasteiger partial charge is 0.326 e. The molecule has 10 nitrogen and oxygen atoms in total. The molecule has 1 aliphatic rings. The molecule has 0 saturated carbocycles. The molecular weight excluding hydrogens is 452 g/mol. The molecule has 9 N–H and O–H groups in total. The number of carbonyl (C=O) groups excluding carboxylic acids is 2. The number of nitrogens with two attached hydrogens (primary N) is 2. The molecule has 2 amide bonds. The third-order valence-corrected chi connectivity index (χ3v) is 5.58. The zero-order chi connectivity index (χ0) is 24.1. The molecule has 0 saturated heterocycles. The Morgan fingerprint density at radius 2 is 1.71 bits per heavy atom. The Bertz CT molecular complexity index is 1040. The SMILES string of the molecule is C.C.NC[C@H](O)C[C@@H]1NC(=O)[C@@H](N)Cc2cc(ccc2O)-c2cccc(c2)C[C@@H](C(=O)O)NC1=O. The van der Waals surface area contributed by atoms with Crippen LogP contribution in [-0.2, 0) is 27.2 Å². The van der Waals surface area contributed by atoms with E-state index in [0.717, 1.165) is 11.1 Å². The van der Waals surface area contributed by atoms with Crippen molar-refractivity contribution >= 4 is 17.8 Å². The van der Waals surface area contributed by atoms with Crippen LogP contribution in [0.25, 0.3) is 11.1 Å². The van der Waals surface area contributed by atoms with Crippen LogP contribution in [0.1, 0.15) is 32.4 Å². The Hall–Kier alpha value is -3.47. The molecule has 0 spiro atoms. The minimum absolute atomic E-state index is 0. The van der Waals surface area contributed by atoms with Gasteiger partial charge in [-0.25, -0.2) is 4.79 Å². The van der Waals surface area contributed by atoms with Crippen molar-refractivity contribution in [1.29, 1.82) is 0 Å². The average Bonchev–Trinajstić information content (AvgIpc) is 2.78. The van der Waals surface area contributed by atoms with Gasteiger partial charge in [0.15, 0.2) is 0 Å². The van der Waals surface area contributed by atoms with E-state index in [2.05, 4.69) is 10.6 Å². The second-order valence-electron chi connectivity index (χ2n) is 8.14. The lowest BCUT2D eigenvalue weighted by Crippen LogP contribution is -2.56. The van der Waals surface area contributed by atoms with Gasteiger partial charge in [-0.05, 0) is 34.4 Å². The highest BCUT2D eigenvalue weighted by atomic mass is 16.4. The van der Waals surface area contributed by atoms with Gasteiger partial charge < -0.3 is 37.4 Å². The lowest BCUT2D eigenvalue weighted by atomic mass is 9.96. The quantitative estimate of drug-likeness (QED) is 0.324. The minimum Gasteiger partial charge on any atom is -0.508 e. The number of rotatable bonds is 4. The molecule has 1 aliphatic heterocycles. The molecule has 10 heteroatoms. The van der Waals surface area contributed by atoms with Gasteiger partial charge in [-0.3, -0.25) is 9.59 Å². The Kier molecular flexibility index (Phi) is 10.8. The van der Waals surface area contributed by atoms with Crippen LogP contribution in [0, 0.1) is 0 Å². The number of hydrogen-bond acceptors (Lipinski definition) is 7. The Morgan fingerprint density at radius 3 is 2.37 bits per heavy atom. The maximum absolute atomic E-state index is 12.9. The number of carbonyl (C=O) groups is 3. The summed E-state index contributed by atoms with van der Waals surface area (Å²) in [6, 6.07) is 8.47. The van der Waals surface area contributed by atoms with Crippen LogP contribution in [0.4, 0.5) is 0 Å². The van der Waals surface area contributed by atoms with Gasteiger partial charge in [-0.2, -0.15) is 0 Å². The molecule has 0 aromatic heterocycles. The second kappa shape index (κ2) is 12.8. The number of fused-ring (bicyclic) bond motifs is 5. The number of aliphatic hydroxyl groups excluding tert-OH is 1. The molecule has 1 heterocycles. The summed E-state index contributed by atoms with van der Waals surface area (Å²) >= 11 is 0. The third kappa shape index (κ3) is 7.51. The molecule has 2 aromatic rings. The maximum Gasteiger partial charge on any atom is 0.326 e. The maximum atomic E-state index is 12.9. The van der Waals surface area contributed by atoms with Crippen LogP contribution < -0.4 is 22.1 Å². The summed E-state index contributed by atoms with van der Waals surface area (Å²) in [5.74, 6) is -2.73.